The average Bonchev–Trinajstić information content (AvgIpc) is 2.63. The van der Waals surface area contributed by atoms with Crippen LogP contribution >= 0.6 is 11.6 Å². The summed E-state index contributed by atoms with van der Waals surface area (Å²) >= 11 is 5.69. The summed E-state index contributed by atoms with van der Waals surface area (Å²) in [6.07, 6.45) is -3.26. The first-order valence-electron chi connectivity index (χ1n) is 8.75. The Morgan fingerprint density at radius 2 is 1.89 bits per heavy atom. The van der Waals surface area contributed by atoms with Gasteiger partial charge in [-0.25, -0.2) is 4.39 Å². The van der Waals surface area contributed by atoms with Crippen LogP contribution in [0.4, 0.5) is 17.6 Å². The predicted molar refractivity (Wildman–Crippen MR) is 101 cm³/mol. The van der Waals surface area contributed by atoms with E-state index in [2.05, 4.69) is 5.32 Å². The number of nitrogens with one attached hydrogen (secondary N) is 1. The van der Waals surface area contributed by atoms with Crippen molar-refractivity contribution in [2.24, 2.45) is 0 Å². The zero-order valence-corrected chi connectivity index (χ0v) is 16.1. The first-order valence-corrected chi connectivity index (χ1v) is 9.13. The summed E-state index contributed by atoms with van der Waals surface area (Å²) < 4.78 is 54.0. The number of piperidine rings is 1. The molecule has 28 heavy (non-hydrogen) atoms. The van der Waals surface area contributed by atoms with Gasteiger partial charge in [-0.2, -0.15) is 13.2 Å². The van der Waals surface area contributed by atoms with Crippen LogP contribution in [0.1, 0.15) is 36.5 Å². The Kier molecular flexibility index (Phi) is 5.53. The first-order chi connectivity index (χ1) is 13.1. The number of benzene rings is 2. The summed E-state index contributed by atoms with van der Waals surface area (Å²) in [6.45, 7) is 4.03. The number of rotatable bonds is 2. The maximum Gasteiger partial charge on any atom is 0.417 e. The van der Waals surface area contributed by atoms with E-state index in [0.717, 1.165) is 18.6 Å². The summed E-state index contributed by atoms with van der Waals surface area (Å²) in [5.74, 6) is -0.782. The van der Waals surface area contributed by atoms with Gasteiger partial charge in [0, 0.05) is 12.1 Å². The Hall–Kier alpha value is -2.34. The van der Waals surface area contributed by atoms with Crippen molar-refractivity contribution in [3.63, 3.8) is 0 Å². The Morgan fingerprint density at radius 3 is 2.54 bits per heavy atom. The van der Waals surface area contributed by atoms with E-state index in [1.54, 1.807) is 13.8 Å². The van der Waals surface area contributed by atoms with Crippen LogP contribution in [0.2, 0.25) is 5.02 Å². The third-order valence-corrected chi connectivity index (χ3v) is 5.30. The van der Waals surface area contributed by atoms with Crippen molar-refractivity contribution in [2.45, 2.75) is 32.9 Å². The quantitative estimate of drug-likeness (QED) is 0.465. The molecule has 2 aromatic rings. The third-order valence-electron chi connectivity index (χ3n) is 4.98. The highest BCUT2D eigenvalue weighted by Gasteiger charge is 2.33. The molecule has 1 amide bonds. The molecule has 2 nitrogen and oxygen atoms in total. The predicted octanol–water partition coefficient (Wildman–Crippen LogP) is 6.16. The number of hydrogen-bond donors (Lipinski definition) is 1. The van der Waals surface area contributed by atoms with Crippen LogP contribution in [0.3, 0.4) is 0 Å². The molecule has 1 fully saturated rings. The maximum absolute atomic E-state index is 14.4. The minimum absolute atomic E-state index is 0.195. The van der Waals surface area contributed by atoms with Gasteiger partial charge < -0.3 is 5.32 Å². The second-order valence-electron chi connectivity index (χ2n) is 6.78. The highest BCUT2D eigenvalue weighted by molar-refractivity contribution is 6.31. The highest BCUT2D eigenvalue weighted by atomic mass is 35.5. The van der Waals surface area contributed by atoms with Crippen LogP contribution in [0.15, 0.2) is 35.9 Å². The molecule has 0 unspecified atom stereocenters. The van der Waals surface area contributed by atoms with Crippen molar-refractivity contribution < 1.29 is 22.4 Å². The number of allylic oxidation sites excluding steroid dienone is 1. The molecule has 0 radical (unpaired) electrons. The molecule has 0 bridgehead atoms. The van der Waals surface area contributed by atoms with Crippen LogP contribution in [-0.2, 0) is 11.0 Å². The van der Waals surface area contributed by atoms with Gasteiger partial charge in [0.25, 0.3) is 0 Å². The van der Waals surface area contributed by atoms with Crippen molar-refractivity contribution in [1.29, 1.82) is 0 Å². The maximum atomic E-state index is 14.4. The number of hydrogen-bond acceptors (Lipinski definition) is 1. The fraction of sp³-hybridized carbons (Fsp3) is 0.286. The summed E-state index contributed by atoms with van der Waals surface area (Å²) in [5, 5.41) is 2.35. The minimum Gasteiger partial charge on any atom is -0.352 e. The van der Waals surface area contributed by atoms with Gasteiger partial charge >= 0.3 is 6.18 Å². The molecule has 1 aliphatic rings. The molecule has 0 aliphatic carbocycles. The number of halogens is 5. The van der Waals surface area contributed by atoms with E-state index in [1.807, 2.05) is 0 Å². The van der Waals surface area contributed by atoms with Gasteiger partial charge in [0.1, 0.15) is 5.82 Å². The molecule has 0 aromatic heterocycles. The van der Waals surface area contributed by atoms with Gasteiger partial charge in [-0.3, -0.25) is 4.79 Å². The van der Waals surface area contributed by atoms with Crippen LogP contribution in [0, 0.1) is 12.7 Å². The Morgan fingerprint density at radius 1 is 1.18 bits per heavy atom. The number of amides is 1. The summed E-state index contributed by atoms with van der Waals surface area (Å²) in [6, 6.07) is 6.01. The second kappa shape index (κ2) is 7.59. The SMILES string of the molecule is C/C(=C1/CCCNC1=O)c1cc(F)cc(-c2ccc(Cl)c(C(F)(F)F)c2)c1C. The smallest absolute Gasteiger partial charge is 0.352 e. The number of carbonyl (C=O) groups is 1. The van der Waals surface area contributed by atoms with E-state index in [9.17, 15) is 22.4 Å². The van der Waals surface area contributed by atoms with E-state index in [4.69, 9.17) is 11.6 Å². The van der Waals surface area contributed by atoms with E-state index in [-0.39, 0.29) is 11.5 Å². The Bertz CT molecular complexity index is 979. The number of alkyl halides is 3. The third kappa shape index (κ3) is 3.92. The Balaban J connectivity index is 2.18. The van der Waals surface area contributed by atoms with E-state index >= 15 is 0 Å². The van der Waals surface area contributed by atoms with E-state index < -0.39 is 22.6 Å². The summed E-state index contributed by atoms with van der Waals surface area (Å²) in [4.78, 5) is 12.2. The Labute approximate surface area is 165 Å². The van der Waals surface area contributed by atoms with Crippen molar-refractivity contribution in [1.82, 2.24) is 5.32 Å². The van der Waals surface area contributed by atoms with Gasteiger partial charge in [-0.1, -0.05) is 17.7 Å². The average molecular weight is 412 g/mol. The number of carbonyl (C=O) groups excluding carboxylic acids is 1. The van der Waals surface area contributed by atoms with Gasteiger partial charge in [0.05, 0.1) is 10.6 Å². The summed E-state index contributed by atoms with van der Waals surface area (Å²) in [5.41, 5.74) is 1.86. The van der Waals surface area contributed by atoms with Gasteiger partial charge in [0.2, 0.25) is 5.91 Å². The monoisotopic (exact) mass is 411 g/mol. The van der Waals surface area contributed by atoms with Gasteiger partial charge in [0.15, 0.2) is 0 Å². The van der Waals surface area contributed by atoms with Crippen LogP contribution in [-0.4, -0.2) is 12.5 Å². The van der Waals surface area contributed by atoms with Gasteiger partial charge in [-0.05, 0) is 78.8 Å². The lowest BCUT2D eigenvalue weighted by Crippen LogP contribution is -2.31. The molecule has 1 aliphatic heterocycles. The molecule has 0 atom stereocenters. The van der Waals surface area contributed by atoms with Crippen LogP contribution in [0.25, 0.3) is 16.7 Å². The molecular weight excluding hydrogens is 394 g/mol. The molecule has 1 N–H and O–H groups in total. The minimum atomic E-state index is -4.62. The topological polar surface area (TPSA) is 29.1 Å². The van der Waals surface area contributed by atoms with Gasteiger partial charge in [-0.15, -0.1) is 0 Å². The molecule has 7 heteroatoms. The summed E-state index contributed by atoms with van der Waals surface area (Å²) in [7, 11) is 0. The van der Waals surface area contributed by atoms with Crippen molar-refractivity contribution >= 4 is 23.1 Å². The molecule has 1 heterocycles. The lowest BCUT2D eigenvalue weighted by atomic mass is 9.88. The van der Waals surface area contributed by atoms with E-state index in [0.29, 0.717) is 40.8 Å². The van der Waals surface area contributed by atoms with Crippen molar-refractivity contribution in [3.8, 4) is 11.1 Å². The standard InChI is InChI=1S/C21H18ClF4NO/c1-11(15-4-3-7-27-20(15)28)16-9-14(23)10-17(12(16)2)13-5-6-19(22)18(8-13)21(24,25)26/h5-6,8-10H,3-4,7H2,1-2H3,(H,27,28)/b15-11+. The van der Waals surface area contributed by atoms with Crippen molar-refractivity contribution in [3.05, 3.63) is 63.4 Å². The molecule has 3 rings (SSSR count). The molecular formula is C21H18ClF4NO. The molecule has 148 valence electrons. The van der Waals surface area contributed by atoms with Crippen molar-refractivity contribution in [2.75, 3.05) is 6.54 Å². The molecule has 0 saturated carbocycles. The fourth-order valence-corrected chi connectivity index (χ4v) is 3.71. The normalized spacial score (nSPS) is 16.8. The van der Waals surface area contributed by atoms with E-state index in [1.165, 1.54) is 18.2 Å². The first kappa shape index (κ1) is 20.4. The zero-order valence-electron chi connectivity index (χ0n) is 15.3. The van der Waals surface area contributed by atoms with Crippen LogP contribution < -0.4 is 5.32 Å². The lowest BCUT2D eigenvalue weighted by molar-refractivity contribution is -0.137. The second-order valence-corrected chi connectivity index (χ2v) is 7.19. The fourth-order valence-electron chi connectivity index (χ4n) is 3.49. The molecule has 1 saturated heterocycles. The van der Waals surface area contributed by atoms with Crippen LogP contribution in [0.5, 0.6) is 0 Å². The molecule has 2 aromatic carbocycles. The zero-order chi connectivity index (χ0) is 20.6. The lowest BCUT2D eigenvalue weighted by Gasteiger charge is -2.20. The largest absolute Gasteiger partial charge is 0.417 e. The highest BCUT2D eigenvalue weighted by Crippen LogP contribution is 2.39. The molecule has 0 spiro atoms.